The van der Waals surface area contributed by atoms with Crippen molar-refractivity contribution in [2.24, 2.45) is 0 Å². The smallest absolute Gasteiger partial charge is 0.300 e. The van der Waals surface area contributed by atoms with Crippen LogP contribution in [0.4, 0.5) is 0 Å². The molecular weight excluding hydrogens is 292 g/mol. The molecule has 0 aliphatic heterocycles. The summed E-state index contributed by atoms with van der Waals surface area (Å²) in [6.07, 6.45) is 0.566. The lowest BCUT2D eigenvalue weighted by Gasteiger charge is -2.06. The van der Waals surface area contributed by atoms with Gasteiger partial charge in [-0.2, -0.15) is 0 Å². The van der Waals surface area contributed by atoms with Crippen LogP contribution in [-0.4, -0.2) is 21.9 Å². The molecule has 2 aromatic rings. The lowest BCUT2D eigenvalue weighted by molar-refractivity contribution is 0.298. The van der Waals surface area contributed by atoms with Gasteiger partial charge in [-0.3, -0.25) is 0 Å². The summed E-state index contributed by atoms with van der Waals surface area (Å²) in [4.78, 5) is 0. The highest BCUT2D eigenvalue weighted by Crippen LogP contribution is 2.29. The molecule has 1 heterocycles. The molecule has 84 valence electrons. The highest BCUT2D eigenvalue weighted by atomic mass is 79.9. The highest BCUT2D eigenvalue weighted by Gasteiger charge is 2.07. The van der Waals surface area contributed by atoms with Gasteiger partial charge >= 0.3 is 0 Å². The molecule has 0 saturated heterocycles. The number of ether oxygens (including phenoxy) is 1. The molecule has 0 aliphatic carbocycles. The van der Waals surface area contributed by atoms with Crippen LogP contribution >= 0.6 is 27.3 Å². The summed E-state index contributed by atoms with van der Waals surface area (Å²) >= 11 is 4.54. The van der Waals surface area contributed by atoms with Gasteiger partial charge in [-0.25, -0.2) is 0 Å². The number of aliphatic hydroxyl groups excluding tert-OH is 1. The molecule has 6 heteroatoms. The van der Waals surface area contributed by atoms with Crippen LogP contribution in [0.1, 0.15) is 5.56 Å². The van der Waals surface area contributed by atoms with Gasteiger partial charge in [0.05, 0.1) is 0 Å². The van der Waals surface area contributed by atoms with Crippen molar-refractivity contribution >= 4 is 27.3 Å². The van der Waals surface area contributed by atoms with Gasteiger partial charge in [-0.15, -0.1) is 5.10 Å². The van der Waals surface area contributed by atoms with Crippen molar-refractivity contribution in [3.05, 3.63) is 33.7 Å². The van der Waals surface area contributed by atoms with Crippen molar-refractivity contribution in [2.75, 3.05) is 6.61 Å². The lowest BCUT2D eigenvalue weighted by atomic mass is 10.1. The molecule has 0 aliphatic rings. The Balaban J connectivity index is 2.20. The number of benzene rings is 1. The molecule has 0 atom stereocenters. The second-order valence-electron chi connectivity index (χ2n) is 3.00. The van der Waals surface area contributed by atoms with E-state index in [1.165, 1.54) is 11.3 Å². The van der Waals surface area contributed by atoms with E-state index in [4.69, 9.17) is 9.84 Å². The molecule has 0 amide bonds. The first-order valence-electron chi connectivity index (χ1n) is 4.65. The topological polar surface area (TPSA) is 55.2 Å². The van der Waals surface area contributed by atoms with Gasteiger partial charge in [0.1, 0.15) is 5.75 Å². The molecule has 0 unspecified atom stereocenters. The van der Waals surface area contributed by atoms with Crippen molar-refractivity contribution in [3.8, 4) is 10.9 Å². The van der Waals surface area contributed by atoms with E-state index < -0.39 is 0 Å². The summed E-state index contributed by atoms with van der Waals surface area (Å²) in [7, 11) is 0. The second-order valence-corrected chi connectivity index (χ2v) is 5.22. The van der Waals surface area contributed by atoms with Gasteiger partial charge in [0.2, 0.25) is 0 Å². The first-order valence-corrected chi connectivity index (χ1v) is 6.26. The number of hydrogen-bond donors (Lipinski definition) is 1. The van der Waals surface area contributed by atoms with Crippen LogP contribution in [0, 0.1) is 0 Å². The lowest BCUT2D eigenvalue weighted by Crippen LogP contribution is -1.94. The zero-order chi connectivity index (χ0) is 11.4. The fourth-order valence-electron chi connectivity index (χ4n) is 1.26. The third-order valence-corrected chi connectivity index (χ3v) is 3.17. The number of para-hydroxylation sites is 1. The Morgan fingerprint density at radius 3 is 2.81 bits per heavy atom. The number of rotatable bonds is 4. The molecule has 1 N–H and O–H groups in total. The Morgan fingerprint density at radius 1 is 1.31 bits per heavy atom. The Bertz CT molecular complexity index is 475. The molecule has 0 radical (unpaired) electrons. The molecule has 0 spiro atoms. The maximum Gasteiger partial charge on any atom is 0.300 e. The maximum atomic E-state index is 8.93. The molecular formula is C10H9BrN2O2S. The fourth-order valence-corrected chi connectivity index (χ4v) is 2.19. The minimum Gasteiger partial charge on any atom is -0.429 e. The first-order chi connectivity index (χ1) is 7.79. The standard InChI is InChI=1S/C10H9BrN2O2S/c11-9-12-13-10(16-9)15-8-4-2-1-3-7(8)5-6-14/h1-4,14H,5-6H2. The third-order valence-electron chi connectivity index (χ3n) is 1.93. The summed E-state index contributed by atoms with van der Waals surface area (Å²) in [5.74, 6) is 0.709. The average molecular weight is 301 g/mol. The van der Waals surface area contributed by atoms with E-state index in [-0.39, 0.29) is 6.61 Å². The second kappa shape index (κ2) is 5.38. The Morgan fingerprint density at radius 2 is 2.12 bits per heavy atom. The largest absolute Gasteiger partial charge is 0.429 e. The van der Waals surface area contributed by atoms with E-state index in [2.05, 4.69) is 26.1 Å². The molecule has 2 rings (SSSR count). The zero-order valence-electron chi connectivity index (χ0n) is 8.26. The predicted octanol–water partition coefficient (Wildman–Crippen LogP) is 2.63. The summed E-state index contributed by atoms with van der Waals surface area (Å²) in [5, 5.41) is 17.1. The van der Waals surface area contributed by atoms with E-state index in [0.717, 1.165) is 5.56 Å². The van der Waals surface area contributed by atoms with Gasteiger partial charge in [0.15, 0.2) is 3.92 Å². The van der Waals surface area contributed by atoms with Gasteiger partial charge in [0, 0.05) is 6.61 Å². The van der Waals surface area contributed by atoms with Crippen LogP contribution < -0.4 is 4.74 Å². The SMILES string of the molecule is OCCc1ccccc1Oc1nnc(Br)s1. The van der Waals surface area contributed by atoms with E-state index in [1.807, 2.05) is 24.3 Å². The highest BCUT2D eigenvalue weighted by molar-refractivity contribution is 9.11. The third kappa shape index (κ3) is 2.78. The van der Waals surface area contributed by atoms with Crippen molar-refractivity contribution in [1.29, 1.82) is 0 Å². The van der Waals surface area contributed by atoms with Gasteiger partial charge in [-0.1, -0.05) is 23.3 Å². The number of hydrogen-bond acceptors (Lipinski definition) is 5. The number of aromatic nitrogens is 2. The maximum absolute atomic E-state index is 8.93. The quantitative estimate of drug-likeness (QED) is 0.943. The van der Waals surface area contributed by atoms with E-state index in [0.29, 0.717) is 21.3 Å². The van der Waals surface area contributed by atoms with Crippen molar-refractivity contribution in [3.63, 3.8) is 0 Å². The van der Waals surface area contributed by atoms with Crippen LogP contribution in [0.15, 0.2) is 28.2 Å². The molecule has 0 saturated carbocycles. The molecule has 0 fully saturated rings. The van der Waals surface area contributed by atoms with Crippen molar-refractivity contribution in [2.45, 2.75) is 6.42 Å². The van der Waals surface area contributed by atoms with Crippen molar-refractivity contribution < 1.29 is 9.84 Å². The molecule has 16 heavy (non-hydrogen) atoms. The monoisotopic (exact) mass is 300 g/mol. The zero-order valence-corrected chi connectivity index (χ0v) is 10.7. The van der Waals surface area contributed by atoms with Gasteiger partial charge in [0.25, 0.3) is 5.19 Å². The van der Waals surface area contributed by atoms with Crippen LogP contribution in [0.3, 0.4) is 0 Å². The normalized spacial score (nSPS) is 10.4. The first kappa shape index (κ1) is 11.5. The molecule has 4 nitrogen and oxygen atoms in total. The number of nitrogens with zero attached hydrogens (tertiary/aromatic N) is 2. The molecule has 1 aromatic carbocycles. The predicted molar refractivity (Wildman–Crippen MR) is 64.9 cm³/mol. The number of halogens is 1. The molecule has 0 bridgehead atoms. The summed E-state index contributed by atoms with van der Waals surface area (Å²) < 4.78 is 6.27. The molecule has 1 aromatic heterocycles. The fraction of sp³-hybridized carbons (Fsp3) is 0.200. The van der Waals surface area contributed by atoms with Gasteiger partial charge in [-0.05, 0) is 45.3 Å². The van der Waals surface area contributed by atoms with Crippen LogP contribution in [-0.2, 0) is 6.42 Å². The Hall–Kier alpha value is -0.980. The van der Waals surface area contributed by atoms with Crippen molar-refractivity contribution in [1.82, 2.24) is 10.2 Å². The minimum atomic E-state index is 0.0974. The van der Waals surface area contributed by atoms with E-state index in [9.17, 15) is 0 Å². The minimum absolute atomic E-state index is 0.0974. The Kier molecular flexibility index (Phi) is 3.87. The number of aliphatic hydroxyl groups is 1. The van der Waals surface area contributed by atoms with Crippen LogP contribution in [0.25, 0.3) is 0 Å². The summed E-state index contributed by atoms with van der Waals surface area (Å²) in [6.45, 7) is 0.0974. The van der Waals surface area contributed by atoms with Crippen LogP contribution in [0.2, 0.25) is 0 Å². The summed E-state index contributed by atoms with van der Waals surface area (Å²) in [5.41, 5.74) is 0.955. The summed E-state index contributed by atoms with van der Waals surface area (Å²) in [6, 6.07) is 7.56. The van der Waals surface area contributed by atoms with Crippen LogP contribution in [0.5, 0.6) is 10.9 Å². The van der Waals surface area contributed by atoms with E-state index >= 15 is 0 Å². The van der Waals surface area contributed by atoms with Gasteiger partial charge < -0.3 is 9.84 Å². The average Bonchev–Trinajstić information content (AvgIpc) is 2.67. The Labute approximate surface area is 105 Å². The van der Waals surface area contributed by atoms with E-state index in [1.54, 1.807) is 0 Å².